The van der Waals surface area contributed by atoms with E-state index >= 15 is 0 Å². The summed E-state index contributed by atoms with van der Waals surface area (Å²) in [5.41, 5.74) is 2.98. The first-order valence-electron chi connectivity index (χ1n) is 8.31. The second-order valence-corrected chi connectivity index (χ2v) is 7.22. The molecule has 0 heterocycles. The molecule has 0 aromatic heterocycles. The Morgan fingerprint density at radius 1 is 1.00 bits per heavy atom. The Morgan fingerprint density at radius 3 is 2.37 bits per heavy atom. The van der Waals surface area contributed by atoms with Crippen molar-refractivity contribution in [2.24, 2.45) is 0 Å². The van der Waals surface area contributed by atoms with Gasteiger partial charge in [-0.25, -0.2) is 0 Å². The maximum atomic E-state index is 9.35. The molecule has 3 aromatic carbocycles. The number of anilines is 1. The number of benzene rings is 3. The first-order chi connectivity index (χ1) is 13.0. The highest BCUT2D eigenvalue weighted by Crippen LogP contribution is 2.37. The van der Waals surface area contributed by atoms with Crippen LogP contribution in [0.3, 0.4) is 0 Å². The van der Waals surface area contributed by atoms with Crippen LogP contribution < -0.4 is 14.8 Å². The molecule has 0 saturated heterocycles. The van der Waals surface area contributed by atoms with E-state index in [1.807, 2.05) is 48.5 Å². The summed E-state index contributed by atoms with van der Waals surface area (Å²) in [4.78, 5) is 0. The number of phenols is 1. The van der Waals surface area contributed by atoms with E-state index < -0.39 is 0 Å². The lowest BCUT2D eigenvalue weighted by Gasteiger charge is -2.15. The molecule has 0 saturated carbocycles. The minimum Gasteiger partial charge on any atom is -0.508 e. The molecule has 0 bridgehead atoms. The first-order valence-corrected chi connectivity index (χ1v) is 9.49. The van der Waals surface area contributed by atoms with Crippen LogP contribution in [0.25, 0.3) is 0 Å². The third-order valence-corrected chi connectivity index (χ3v) is 4.79. The van der Waals surface area contributed by atoms with Crippen LogP contribution in [0.15, 0.2) is 65.1 Å². The van der Waals surface area contributed by atoms with Crippen molar-refractivity contribution in [3.05, 3.63) is 81.3 Å². The summed E-state index contributed by atoms with van der Waals surface area (Å²) in [5, 5.41) is 13.4. The van der Waals surface area contributed by atoms with Crippen LogP contribution in [-0.2, 0) is 13.2 Å². The summed E-state index contributed by atoms with van der Waals surface area (Å²) in [6.45, 7) is 1.02. The molecule has 140 valence electrons. The van der Waals surface area contributed by atoms with Gasteiger partial charge in [-0.15, -0.1) is 0 Å². The van der Waals surface area contributed by atoms with Crippen molar-refractivity contribution in [3.63, 3.8) is 0 Å². The highest BCUT2D eigenvalue weighted by atomic mass is 79.9. The lowest BCUT2D eigenvalue weighted by Crippen LogP contribution is -2.02. The van der Waals surface area contributed by atoms with Gasteiger partial charge in [-0.3, -0.25) is 0 Å². The summed E-state index contributed by atoms with van der Waals surface area (Å²) in [5.74, 6) is 1.55. The topological polar surface area (TPSA) is 50.7 Å². The smallest absolute Gasteiger partial charge is 0.175 e. The van der Waals surface area contributed by atoms with Crippen LogP contribution in [0, 0.1) is 0 Å². The van der Waals surface area contributed by atoms with Crippen molar-refractivity contribution in [1.29, 1.82) is 0 Å². The molecule has 0 unspecified atom stereocenters. The van der Waals surface area contributed by atoms with Gasteiger partial charge in [0.25, 0.3) is 0 Å². The van der Waals surface area contributed by atoms with E-state index in [0.29, 0.717) is 29.7 Å². The number of aromatic hydroxyl groups is 1. The second-order valence-electron chi connectivity index (χ2n) is 5.92. The summed E-state index contributed by atoms with van der Waals surface area (Å²) >= 11 is 9.49. The fourth-order valence-corrected chi connectivity index (χ4v) is 3.26. The number of rotatable bonds is 7. The van der Waals surface area contributed by atoms with Gasteiger partial charge >= 0.3 is 0 Å². The Morgan fingerprint density at radius 2 is 1.70 bits per heavy atom. The number of hydrogen-bond donors (Lipinski definition) is 2. The standard InChI is InChI=1S/C21H19BrClNO3/c1-26-20-11-15(12-24-17-6-8-18(25)9-7-17)10-19(22)21(20)27-13-14-2-4-16(23)5-3-14/h2-11,24-25H,12-13H2,1H3. The Bertz CT molecular complexity index is 899. The average molecular weight is 449 g/mol. The van der Waals surface area contributed by atoms with Gasteiger partial charge in [-0.2, -0.15) is 0 Å². The van der Waals surface area contributed by atoms with Crippen molar-refractivity contribution in [2.45, 2.75) is 13.2 Å². The van der Waals surface area contributed by atoms with E-state index in [4.69, 9.17) is 21.1 Å². The summed E-state index contributed by atoms with van der Waals surface area (Å²) in [6.07, 6.45) is 0. The SMILES string of the molecule is COc1cc(CNc2ccc(O)cc2)cc(Br)c1OCc1ccc(Cl)cc1. The normalized spacial score (nSPS) is 10.5. The number of phenolic OH excluding ortho intramolecular Hbond substituents is 1. The highest BCUT2D eigenvalue weighted by molar-refractivity contribution is 9.10. The maximum Gasteiger partial charge on any atom is 0.175 e. The molecule has 0 aliphatic carbocycles. The largest absolute Gasteiger partial charge is 0.508 e. The minimum atomic E-state index is 0.243. The molecule has 6 heteroatoms. The van der Waals surface area contributed by atoms with Crippen molar-refractivity contribution >= 4 is 33.2 Å². The molecule has 0 atom stereocenters. The van der Waals surface area contributed by atoms with Crippen LogP contribution in [0.5, 0.6) is 17.2 Å². The highest BCUT2D eigenvalue weighted by Gasteiger charge is 2.12. The van der Waals surface area contributed by atoms with Crippen LogP contribution >= 0.6 is 27.5 Å². The molecule has 27 heavy (non-hydrogen) atoms. The molecule has 0 spiro atoms. The molecule has 0 aliphatic rings. The van der Waals surface area contributed by atoms with Crippen LogP contribution in [0.1, 0.15) is 11.1 Å². The maximum absolute atomic E-state index is 9.35. The van der Waals surface area contributed by atoms with Crippen molar-refractivity contribution in [2.75, 3.05) is 12.4 Å². The molecule has 3 aromatic rings. The van der Waals surface area contributed by atoms with E-state index in [-0.39, 0.29) is 5.75 Å². The van der Waals surface area contributed by atoms with Crippen molar-refractivity contribution in [3.8, 4) is 17.2 Å². The first kappa shape index (κ1) is 19.4. The van der Waals surface area contributed by atoms with Crippen molar-refractivity contribution in [1.82, 2.24) is 0 Å². The number of ether oxygens (including phenoxy) is 2. The molecule has 0 amide bonds. The van der Waals surface area contributed by atoms with E-state index in [1.165, 1.54) is 0 Å². The Kier molecular flexibility index (Phi) is 6.48. The van der Waals surface area contributed by atoms with Gasteiger partial charge in [-0.05, 0) is 75.6 Å². The van der Waals surface area contributed by atoms with Gasteiger partial charge < -0.3 is 19.9 Å². The fraction of sp³-hybridized carbons (Fsp3) is 0.143. The molecule has 0 aliphatic heterocycles. The molecular weight excluding hydrogens is 430 g/mol. The van der Waals surface area contributed by atoms with E-state index in [9.17, 15) is 5.11 Å². The van der Waals surface area contributed by atoms with E-state index in [1.54, 1.807) is 19.2 Å². The summed E-state index contributed by atoms with van der Waals surface area (Å²) < 4.78 is 12.3. The summed E-state index contributed by atoms with van der Waals surface area (Å²) in [6, 6.07) is 18.4. The van der Waals surface area contributed by atoms with Crippen molar-refractivity contribution < 1.29 is 14.6 Å². The zero-order valence-electron chi connectivity index (χ0n) is 14.7. The van der Waals surface area contributed by atoms with Crippen LogP contribution in [0.4, 0.5) is 5.69 Å². The molecule has 0 radical (unpaired) electrons. The molecule has 0 fully saturated rings. The average Bonchev–Trinajstić information content (AvgIpc) is 2.67. The zero-order valence-corrected chi connectivity index (χ0v) is 17.0. The number of methoxy groups -OCH3 is 1. The zero-order chi connectivity index (χ0) is 19.2. The monoisotopic (exact) mass is 447 g/mol. The Labute approximate surface area is 171 Å². The van der Waals surface area contributed by atoms with Gasteiger partial charge in [0, 0.05) is 17.3 Å². The fourth-order valence-electron chi connectivity index (χ4n) is 2.53. The molecule has 3 rings (SSSR count). The molecular formula is C21H19BrClNO3. The molecule has 4 nitrogen and oxygen atoms in total. The lowest BCUT2D eigenvalue weighted by molar-refractivity contribution is 0.282. The third kappa shape index (κ3) is 5.31. The quantitative estimate of drug-likeness (QED) is 0.435. The lowest BCUT2D eigenvalue weighted by atomic mass is 10.2. The van der Waals surface area contributed by atoms with E-state index in [2.05, 4.69) is 21.2 Å². The molecule has 2 N–H and O–H groups in total. The third-order valence-electron chi connectivity index (χ3n) is 3.95. The number of nitrogens with one attached hydrogen (secondary N) is 1. The van der Waals surface area contributed by atoms with Gasteiger partial charge in [-0.1, -0.05) is 23.7 Å². The number of hydrogen-bond acceptors (Lipinski definition) is 4. The minimum absolute atomic E-state index is 0.243. The Balaban J connectivity index is 1.70. The summed E-state index contributed by atoms with van der Waals surface area (Å²) in [7, 11) is 1.62. The predicted octanol–water partition coefficient (Wildman–Crippen LogP) is 6.01. The van der Waals surface area contributed by atoms with Crippen LogP contribution in [0.2, 0.25) is 5.02 Å². The van der Waals surface area contributed by atoms with Gasteiger partial charge in [0.2, 0.25) is 0 Å². The number of halogens is 2. The Hall–Kier alpha value is -2.37. The van der Waals surface area contributed by atoms with E-state index in [0.717, 1.165) is 21.3 Å². The predicted molar refractivity (Wildman–Crippen MR) is 112 cm³/mol. The van der Waals surface area contributed by atoms with Gasteiger partial charge in [0.1, 0.15) is 12.4 Å². The van der Waals surface area contributed by atoms with Gasteiger partial charge in [0.15, 0.2) is 11.5 Å². The second kappa shape index (κ2) is 9.02. The van der Waals surface area contributed by atoms with Gasteiger partial charge in [0.05, 0.1) is 11.6 Å². The van der Waals surface area contributed by atoms with Crippen LogP contribution in [-0.4, -0.2) is 12.2 Å².